The summed E-state index contributed by atoms with van der Waals surface area (Å²) in [4.78, 5) is 10.4. The highest BCUT2D eigenvalue weighted by Gasteiger charge is 2.46. The SMILES string of the molecule is CC[Si]1(C)C(c2ccc(-c3cccc4ccccc34)nc2)=C(c2ccccc2)C(c2ccccc2)=C1c1ccc(-c2cccc3ccccc23)nc1. The van der Waals surface area contributed by atoms with Gasteiger partial charge < -0.3 is 0 Å². The van der Waals surface area contributed by atoms with Gasteiger partial charge in [0, 0.05) is 23.5 Å². The summed E-state index contributed by atoms with van der Waals surface area (Å²) in [5, 5.41) is 7.76. The number of fused-ring (bicyclic) bond motifs is 2. The molecule has 0 saturated heterocycles. The number of hydrogen-bond donors (Lipinski definition) is 0. The van der Waals surface area contributed by atoms with Crippen LogP contribution in [-0.2, 0) is 0 Å². The lowest BCUT2D eigenvalue weighted by molar-refractivity contribution is 1.31. The molecule has 0 N–H and O–H groups in total. The van der Waals surface area contributed by atoms with Crippen molar-refractivity contribution in [1.29, 1.82) is 0 Å². The molecule has 3 heterocycles. The van der Waals surface area contributed by atoms with Crippen molar-refractivity contribution in [2.75, 3.05) is 0 Å². The van der Waals surface area contributed by atoms with Gasteiger partial charge in [0.15, 0.2) is 0 Å². The van der Waals surface area contributed by atoms with E-state index in [-0.39, 0.29) is 0 Å². The van der Waals surface area contributed by atoms with Crippen molar-refractivity contribution in [3.63, 3.8) is 0 Å². The van der Waals surface area contributed by atoms with Crippen LogP contribution in [0.1, 0.15) is 29.2 Å². The quantitative estimate of drug-likeness (QED) is 0.156. The number of allylic oxidation sites excluding steroid dienone is 2. The Bertz CT molecular complexity index is 2450. The van der Waals surface area contributed by atoms with E-state index in [1.165, 1.54) is 65.3 Å². The molecule has 2 aromatic heterocycles. The Balaban J connectivity index is 1.24. The third kappa shape index (κ3) is 5.33. The molecule has 0 radical (unpaired) electrons. The fourth-order valence-corrected chi connectivity index (χ4v) is 12.5. The third-order valence-corrected chi connectivity index (χ3v) is 15.6. The van der Waals surface area contributed by atoms with E-state index in [0.29, 0.717) is 0 Å². The Morgan fingerprint density at radius 3 is 1.21 bits per heavy atom. The van der Waals surface area contributed by atoms with Crippen LogP contribution >= 0.6 is 0 Å². The van der Waals surface area contributed by atoms with Crippen LogP contribution in [0.25, 0.3) is 65.6 Å². The van der Waals surface area contributed by atoms with E-state index in [9.17, 15) is 0 Å². The molecule has 248 valence electrons. The van der Waals surface area contributed by atoms with E-state index in [1.54, 1.807) is 0 Å². The second-order valence-corrected chi connectivity index (χ2v) is 18.2. The third-order valence-electron chi connectivity index (χ3n) is 10.9. The van der Waals surface area contributed by atoms with E-state index in [4.69, 9.17) is 9.97 Å². The van der Waals surface area contributed by atoms with Crippen LogP contribution in [0, 0.1) is 0 Å². The summed E-state index contributed by atoms with van der Waals surface area (Å²) in [6, 6.07) is 62.1. The molecule has 0 fully saturated rings. The van der Waals surface area contributed by atoms with Crippen LogP contribution in [0.5, 0.6) is 0 Å². The number of pyridine rings is 2. The molecule has 0 spiro atoms. The Labute approximate surface area is 306 Å². The normalized spacial score (nSPS) is 14.0. The van der Waals surface area contributed by atoms with Crippen LogP contribution in [0.15, 0.2) is 182 Å². The second-order valence-electron chi connectivity index (χ2n) is 13.8. The average Bonchev–Trinajstić information content (AvgIpc) is 3.50. The number of benzene rings is 6. The summed E-state index contributed by atoms with van der Waals surface area (Å²) in [5.74, 6) is 0. The Morgan fingerprint density at radius 1 is 0.404 bits per heavy atom. The fraction of sp³-hybridized carbons (Fsp3) is 0.0612. The molecule has 0 aliphatic carbocycles. The lowest BCUT2D eigenvalue weighted by Gasteiger charge is -2.29. The number of hydrogen-bond acceptors (Lipinski definition) is 2. The van der Waals surface area contributed by atoms with Crippen molar-refractivity contribution < 1.29 is 0 Å². The molecule has 0 amide bonds. The molecule has 6 aromatic carbocycles. The zero-order valence-electron chi connectivity index (χ0n) is 29.4. The topological polar surface area (TPSA) is 25.8 Å². The predicted molar refractivity (Wildman–Crippen MR) is 223 cm³/mol. The minimum atomic E-state index is -2.39. The Morgan fingerprint density at radius 2 is 0.808 bits per heavy atom. The van der Waals surface area contributed by atoms with Gasteiger partial charge in [-0.05, 0) is 77.5 Å². The van der Waals surface area contributed by atoms with E-state index >= 15 is 0 Å². The van der Waals surface area contributed by atoms with E-state index in [2.05, 4.69) is 196 Å². The molecule has 0 atom stereocenters. The monoisotopic (exact) mass is 682 g/mol. The lowest BCUT2D eigenvalue weighted by Crippen LogP contribution is -2.32. The zero-order valence-corrected chi connectivity index (χ0v) is 30.4. The summed E-state index contributed by atoms with van der Waals surface area (Å²) in [6.07, 6.45) is 4.26. The smallest absolute Gasteiger partial charge is 0.118 e. The molecule has 1 aliphatic rings. The van der Waals surface area contributed by atoms with Crippen LogP contribution in [-0.4, -0.2) is 18.0 Å². The molecule has 0 saturated carbocycles. The molecule has 8 aromatic rings. The first-order valence-corrected chi connectivity index (χ1v) is 20.8. The Hall–Kier alpha value is -6.16. The van der Waals surface area contributed by atoms with Gasteiger partial charge in [-0.25, -0.2) is 0 Å². The van der Waals surface area contributed by atoms with Gasteiger partial charge in [0.2, 0.25) is 0 Å². The molecular formula is C49H38N2Si. The lowest BCUT2D eigenvalue weighted by atomic mass is 9.89. The van der Waals surface area contributed by atoms with Crippen molar-refractivity contribution in [3.8, 4) is 22.5 Å². The molecule has 9 rings (SSSR count). The minimum Gasteiger partial charge on any atom is -0.256 e. The minimum absolute atomic E-state index is 0.991. The van der Waals surface area contributed by atoms with Gasteiger partial charge in [-0.3, -0.25) is 9.97 Å². The number of nitrogens with zero attached hydrogens (tertiary/aromatic N) is 2. The van der Waals surface area contributed by atoms with Crippen molar-refractivity contribution in [1.82, 2.24) is 9.97 Å². The maximum Gasteiger partial charge on any atom is 0.118 e. The summed E-state index contributed by atoms with van der Waals surface area (Å²) in [6.45, 7) is 4.92. The van der Waals surface area contributed by atoms with E-state index in [1.807, 2.05) is 0 Å². The molecule has 3 heteroatoms. The van der Waals surface area contributed by atoms with Crippen molar-refractivity contribution in [2.24, 2.45) is 0 Å². The highest BCUT2D eigenvalue weighted by molar-refractivity contribution is 7.13. The first-order valence-electron chi connectivity index (χ1n) is 18.1. The van der Waals surface area contributed by atoms with Crippen molar-refractivity contribution in [3.05, 3.63) is 205 Å². The van der Waals surface area contributed by atoms with Gasteiger partial charge in [-0.15, -0.1) is 0 Å². The van der Waals surface area contributed by atoms with Crippen molar-refractivity contribution >= 4 is 51.2 Å². The molecule has 1 aliphatic heterocycles. The zero-order chi connectivity index (χ0) is 35.1. The first-order chi connectivity index (χ1) is 25.6. The standard InChI is InChI=1S/C49H38N2Si/c1-3-52(2)48(38-28-30-44(50-32-38)42-26-14-22-34-16-10-12-24-40(34)42)46(36-18-6-4-7-19-36)47(37-20-8-5-9-21-37)49(52)39-29-31-45(51-33-39)43-27-15-23-35-17-11-13-25-41(35)43/h4-33H,3H2,1-2H3. The predicted octanol–water partition coefficient (Wildman–Crippen LogP) is 12.8. The van der Waals surface area contributed by atoms with Gasteiger partial charge in [-0.2, -0.15) is 0 Å². The summed E-state index contributed by atoms with van der Waals surface area (Å²) >= 11 is 0. The fourth-order valence-electron chi connectivity index (χ4n) is 8.29. The van der Waals surface area contributed by atoms with Gasteiger partial charge in [0.25, 0.3) is 0 Å². The van der Waals surface area contributed by atoms with E-state index < -0.39 is 8.07 Å². The average molecular weight is 683 g/mol. The maximum absolute atomic E-state index is 5.19. The highest BCUT2D eigenvalue weighted by atomic mass is 28.3. The summed E-state index contributed by atoms with van der Waals surface area (Å²) < 4.78 is 0. The number of aromatic nitrogens is 2. The van der Waals surface area contributed by atoms with Crippen LogP contribution < -0.4 is 0 Å². The molecule has 52 heavy (non-hydrogen) atoms. The summed E-state index contributed by atoms with van der Waals surface area (Å²) in [5.41, 5.74) is 11.8. The Kier molecular flexibility index (Phi) is 8.06. The van der Waals surface area contributed by atoms with Gasteiger partial charge in [0.05, 0.1) is 11.4 Å². The van der Waals surface area contributed by atoms with Crippen molar-refractivity contribution in [2.45, 2.75) is 19.5 Å². The van der Waals surface area contributed by atoms with Gasteiger partial charge in [-0.1, -0.05) is 177 Å². The van der Waals surface area contributed by atoms with Crippen LogP contribution in [0.4, 0.5) is 0 Å². The maximum atomic E-state index is 5.19. The van der Waals surface area contributed by atoms with Crippen LogP contribution in [0.2, 0.25) is 12.6 Å². The first kappa shape index (κ1) is 31.8. The summed E-state index contributed by atoms with van der Waals surface area (Å²) in [7, 11) is -2.39. The number of rotatable bonds is 7. The molecule has 2 nitrogen and oxygen atoms in total. The largest absolute Gasteiger partial charge is 0.256 e. The second kappa shape index (κ2) is 13.2. The molecular weight excluding hydrogens is 645 g/mol. The van der Waals surface area contributed by atoms with Crippen LogP contribution in [0.3, 0.4) is 0 Å². The molecule has 0 unspecified atom stereocenters. The van der Waals surface area contributed by atoms with Gasteiger partial charge >= 0.3 is 0 Å². The molecule has 0 bridgehead atoms. The van der Waals surface area contributed by atoms with E-state index in [0.717, 1.165) is 28.6 Å². The van der Waals surface area contributed by atoms with Gasteiger partial charge in [0.1, 0.15) is 8.07 Å². The highest BCUT2D eigenvalue weighted by Crippen LogP contribution is 2.56.